The molecule has 0 unspecified atom stereocenters. The molecule has 3 aliphatic heterocycles. The average molecular weight is 597 g/mol. The van der Waals surface area contributed by atoms with Crippen molar-refractivity contribution in [1.29, 1.82) is 0 Å². The van der Waals surface area contributed by atoms with Crippen molar-refractivity contribution >= 4 is 23.4 Å². The topological polar surface area (TPSA) is 102 Å². The van der Waals surface area contributed by atoms with E-state index in [1.165, 1.54) is 18.1 Å². The molecule has 0 spiro atoms. The maximum absolute atomic E-state index is 15.5. The molecule has 0 aliphatic carbocycles. The lowest BCUT2D eigenvalue weighted by molar-refractivity contribution is -0.127. The maximum Gasteiger partial charge on any atom is 0.254 e. The number of fused-ring (bicyclic) bond motifs is 1. The summed E-state index contributed by atoms with van der Waals surface area (Å²) >= 11 is 0. The second kappa shape index (κ2) is 11.7. The third-order valence-corrected chi connectivity index (χ3v) is 8.68. The van der Waals surface area contributed by atoms with Gasteiger partial charge in [0, 0.05) is 67.2 Å². The van der Waals surface area contributed by atoms with Crippen LogP contribution >= 0.6 is 0 Å². The number of phenols is 1. The van der Waals surface area contributed by atoms with Crippen LogP contribution in [0.1, 0.15) is 34.8 Å². The van der Waals surface area contributed by atoms with Crippen molar-refractivity contribution in [2.75, 3.05) is 51.3 Å². The Morgan fingerprint density at radius 1 is 0.977 bits per heavy atom. The number of carbonyl (C=O) groups is 3. The fourth-order valence-electron chi connectivity index (χ4n) is 6.10. The summed E-state index contributed by atoms with van der Waals surface area (Å²) in [5, 5.41) is 12.9. The average Bonchev–Trinajstić information content (AvgIpc) is 3.49. The van der Waals surface area contributed by atoms with E-state index in [2.05, 4.69) is 33.9 Å². The summed E-state index contributed by atoms with van der Waals surface area (Å²) in [6.45, 7) is 6.87. The number of hydrogen-bond acceptors (Lipinski definition) is 7. The first-order valence-corrected chi connectivity index (χ1v) is 14.6. The quantitative estimate of drug-likeness (QED) is 0.332. The van der Waals surface area contributed by atoms with Crippen LogP contribution in [0.5, 0.6) is 11.5 Å². The van der Waals surface area contributed by atoms with E-state index in [-0.39, 0.29) is 36.7 Å². The first-order chi connectivity index (χ1) is 21.2. The first kappa shape index (κ1) is 29.2. The van der Waals surface area contributed by atoms with Crippen LogP contribution in [-0.2, 0) is 16.1 Å². The summed E-state index contributed by atoms with van der Waals surface area (Å²) in [6.07, 6.45) is -0.212. The molecule has 0 bridgehead atoms. The number of hydrogen-bond donors (Lipinski definition) is 2. The smallest absolute Gasteiger partial charge is 0.254 e. The molecule has 226 valence electrons. The number of imide groups is 1. The Morgan fingerprint density at radius 2 is 1.77 bits per heavy atom. The highest BCUT2D eigenvalue weighted by molar-refractivity contribution is 6.08. The van der Waals surface area contributed by atoms with E-state index in [0.717, 1.165) is 44.0 Å². The zero-order chi connectivity index (χ0) is 31.0. The molecule has 0 saturated carbocycles. The molecule has 44 heavy (non-hydrogen) atoms. The van der Waals surface area contributed by atoms with Crippen LogP contribution in [0.2, 0.25) is 0 Å². The third kappa shape index (κ3) is 5.47. The van der Waals surface area contributed by atoms with Crippen LogP contribution in [0.25, 0.3) is 11.1 Å². The van der Waals surface area contributed by atoms with Crippen molar-refractivity contribution in [2.45, 2.75) is 19.9 Å². The molecular formula is C34H33FN4O5. The molecule has 2 fully saturated rings. The summed E-state index contributed by atoms with van der Waals surface area (Å²) in [7, 11) is 1.52. The van der Waals surface area contributed by atoms with Gasteiger partial charge in [-0.05, 0) is 54.6 Å². The van der Waals surface area contributed by atoms with E-state index in [4.69, 9.17) is 4.74 Å². The maximum atomic E-state index is 15.5. The number of benzene rings is 3. The van der Waals surface area contributed by atoms with E-state index >= 15 is 4.39 Å². The Hall–Kier alpha value is -4.88. The highest BCUT2D eigenvalue weighted by Gasteiger charge is 2.48. The van der Waals surface area contributed by atoms with Gasteiger partial charge in [-0.3, -0.25) is 19.7 Å². The molecule has 3 amide bonds. The summed E-state index contributed by atoms with van der Waals surface area (Å²) in [6, 6.07) is 14.8. The van der Waals surface area contributed by atoms with Gasteiger partial charge in [0.2, 0.25) is 11.8 Å². The minimum absolute atomic E-state index is 0.0346. The predicted molar refractivity (Wildman–Crippen MR) is 163 cm³/mol. The Balaban J connectivity index is 1.25. The lowest BCUT2D eigenvalue weighted by Gasteiger charge is -2.35. The number of likely N-dealkylation sites (N-methyl/N-ethyl adjacent to an activating group) is 1. The van der Waals surface area contributed by atoms with Crippen LogP contribution in [0, 0.1) is 23.1 Å². The van der Waals surface area contributed by atoms with Crippen molar-refractivity contribution < 1.29 is 28.6 Å². The lowest BCUT2D eigenvalue weighted by atomic mass is 9.85. The number of methoxy groups -OCH3 is 1. The summed E-state index contributed by atoms with van der Waals surface area (Å²) in [4.78, 5) is 44.6. The second-order valence-corrected chi connectivity index (χ2v) is 11.4. The SMILES string of the molecule is CCN1CCN(c2ccc(O)c(-c3ccc(C#C[C@]4(CN5Cc6ccc(OC)cc6C5=O)CC(=O)NC4=O)cc3F)c2)CC1. The Bertz CT molecular complexity index is 1720. The Labute approximate surface area is 255 Å². The molecule has 2 saturated heterocycles. The number of piperazine rings is 1. The standard InChI is InChI=1S/C34H33FN4O5/c1-3-37-12-14-38(15-13-37)24-6-9-30(40)28(17-24)26-8-4-22(16-29(26)35)10-11-34(19-31(41)36-33(34)43)21-39-20-23-5-7-25(44-2)18-27(23)32(39)42/h4-9,16-18,40H,3,12-15,19-21H2,1-2H3,(H,36,41,43)/t34-/m1/s1. The molecule has 1 atom stereocenters. The lowest BCUT2D eigenvalue weighted by Crippen LogP contribution is -2.46. The van der Waals surface area contributed by atoms with Gasteiger partial charge in [-0.25, -0.2) is 4.39 Å². The van der Waals surface area contributed by atoms with E-state index in [1.54, 1.807) is 42.5 Å². The summed E-state index contributed by atoms with van der Waals surface area (Å²) in [5.74, 6) is 4.37. The van der Waals surface area contributed by atoms with Gasteiger partial charge in [0.05, 0.1) is 13.5 Å². The molecule has 3 heterocycles. The van der Waals surface area contributed by atoms with Gasteiger partial charge in [0.25, 0.3) is 5.91 Å². The van der Waals surface area contributed by atoms with Crippen molar-refractivity contribution in [3.63, 3.8) is 0 Å². The van der Waals surface area contributed by atoms with Crippen LogP contribution in [0.15, 0.2) is 54.6 Å². The number of aromatic hydroxyl groups is 1. The van der Waals surface area contributed by atoms with Gasteiger partial charge in [-0.15, -0.1) is 0 Å². The fourth-order valence-corrected chi connectivity index (χ4v) is 6.10. The summed E-state index contributed by atoms with van der Waals surface area (Å²) in [5.41, 5.74) is 1.59. The number of amides is 3. The van der Waals surface area contributed by atoms with Crippen LogP contribution in [0.3, 0.4) is 0 Å². The van der Waals surface area contributed by atoms with Gasteiger partial charge >= 0.3 is 0 Å². The summed E-state index contributed by atoms with van der Waals surface area (Å²) < 4.78 is 20.8. The number of ether oxygens (including phenoxy) is 1. The van der Waals surface area contributed by atoms with E-state index in [9.17, 15) is 19.5 Å². The van der Waals surface area contributed by atoms with Gasteiger partial charge in [-0.2, -0.15) is 0 Å². The first-order valence-electron chi connectivity index (χ1n) is 14.6. The number of phenolic OH excluding ortho intramolecular Hbond substituents is 1. The van der Waals surface area contributed by atoms with Gasteiger partial charge in [-0.1, -0.05) is 30.9 Å². The van der Waals surface area contributed by atoms with E-state index < -0.39 is 23.0 Å². The van der Waals surface area contributed by atoms with Gasteiger partial charge in [0.15, 0.2) is 0 Å². The molecule has 0 radical (unpaired) electrons. The fraction of sp³-hybridized carbons (Fsp3) is 0.324. The Kier molecular flexibility index (Phi) is 7.74. The third-order valence-electron chi connectivity index (χ3n) is 8.68. The number of nitrogens with one attached hydrogen (secondary N) is 1. The zero-order valence-electron chi connectivity index (χ0n) is 24.7. The van der Waals surface area contributed by atoms with Crippen molar-refractivity contribution in [1.82, 2.24) is 15.1 Å². The van der Waals surface area contributed by atoms with E-state index in [1.807, 2.05) is 6.07 Å². The molecule has 6 rings (SSSR count). The molecule has 0 aromatic heterocycles. The molecule has 3 aromatic rings. The highest BCUT2D eigenvalue weighted by atomic mass is 19.1. The number of nitrogens with zero attached hydrogens (tertiary/aromatic N) is 3. The number of halogens is 1. The second-order valence-electron chi connectivity index (χ2n) is 11.4. The number of anilines is 1. The molecular weight excluding hydrogens is 563 g/mol. The van der Waals surface area contributed by atoms with Crippen LogP contribution < -0.4 is 15.0 Å². The normalized spacial score (nSPS) is 19.9. The molecule has 9 nitrogen and oxygen atoms in total. The number of carbonyl (C=O) groups excluding carboxylic acids is 3. The van der Waals surface area contributed by atoms with Gasteiger partial charge < -0.3 is 24.5 Å². The van der Waals surface area contributed by atoms with Crippen molar-refractivity contribution in [2.24, 2.45) is 5.41 Å². The van der Waals surface area contributed by atoms with E-state index in [0.29, 0.717) is 22.4 Å². The zero-order valence-corrected chi connectivity index (χ0v) is 24.7. The van der Waals surface area contributed by atoms with Crippen LogP contribution in [0.4, 0.5) is 10.1 Å². The highest BCUT2D eigenvalue weighted by Crippen LogP contribution is 2.36. The largest absolute Gasteiger partial charge is 0.507 e. The minimum atomic E-state index is -1.48. The minimum Gasteiger partial charge on any atom is -0.507 e. The van der Waals surface area contributed by atoms with Gasteiger partial charge in [0.1, 0.15) is 22.7 Å². The molecule has 3 aliphatic rings. The number of rotatable bonds is 6. The Morgan fingerprint density at radius 3 is 2.45 bits per heavy atom. The van der Waals surface area contributed by atoms with Crippen molar-refractivity contribution in [3.05, 3.63) is 77.1 Å². The van der Waals surface area contributed by atoms with Crippen molar-refractivity contribution in [3.8, 4) is 34.5 Å². The predicted octanol–water partition coefficient (Wildman–Crippen LogP) is 3.39. The molecule has 3 aromatic carbocycles. The van der Waals surface area contributed by atoms with Crippen LogP contribution in [-0.4, -0.2) is 79.0 Å². The monoisotopic (exact) mass is 596 g/mol. The molecule has 2 N–H and O–H groups in total. The molecule has 10 heteroatoms.